The van der Waals surface area contributed by atoms with Crippen LogP contribution in [0.4, 0.5) is 0 Å². The van der Waals surface area contributed by atoms with E-state index in [9.17, 15) is 0 Å². The van der Waals surface area contributed by atoms with Gasteiger partial charge in [-0.3, -0.25) is 0 Å². The van der Waals surface area contributed by atoms with Crippen LogP contribution in [-0.2, 0) is 22.4 Å². The van der Waals surface area contributed by atoms with Crippen LogP contribution >= 0.6 is 0 Å². The van der Waals surface area contributed by atoms with E-state index in [2.05, 4.69) is 0 Å². The maximum atomic E-state index is 0. The molecule has 0 atom stereocenters. The minimum Gasteiger partial charge on any atom is -1.00 e. The molecule has 0 aromatic rings. The number of hydrogen-bond acceptors (Lipinski definition) is 0. The van der Waals surface area contributed by atoms with E-state index in [0.717, 1.165) is 0 Å². The summed E-state index contributed by atoms with van der Waals surface area (Å²) in [6, 6.07) is 0. The molecule has 0 aliphatic heterocycles. The molecule has 0 N–H and O–H groups in total. The fourth-order valence-electron chi connectivity index (χ4n) is 0. The van der Waals surface area contributed by atoms with E-state index in [1.165, 1.54) is 0 Å². The Morgan fingerprint density at radius 2 is 0.750 bits per heavy atom. The molecule has 0 bridgehead atoms. The van der Waals surface area contributed by atoms with Gasteiger partial charge in [-0.1, -0.05) is 0 Å². The van der Waals surface area contributed by atoms with Gasteiger partial charge in [-0.25, -0.2) is 0 Å². The van der Waals surface area contributed by atoms with Gasteiger partial charge in [0, 0.05) is 0 Å². The average molecular weight is 401 g/mol. The van der Waals surface area contributed by atoms with Crippen molar-refractivity contribution in [3.05, 3.63) is 0 Å². The van der Waals surface area contributed by atoms with Gasteiger partial charge >= 0.3 is 73.8 Å². The molecule has 26 valence electrons. The molecular formula is AgI2K. The van der Waals surface area contributed by atoms with Crippen LogP contribution in [0, 0.1) is 0 Å². The third-order valence-corrected chi connectivity index (χ3v) is 0. The molecule has 0 saturated carbocycles. The summed E-state index contributed by atoms with van der Waals surface area (Å²) in [6.45, 7) is 0. The van der Waals surface area contributed by atoms with Gasteiger partial charge in [0.1, 0.15) is 0 Å². The van der Waals surface area contributed by atoms with Crippen LogP contribution < -0.4 is 99.3 Å². The first-order chi connectivity index (χ1) is 0. The summed E-state index contributed by atoms with van der Waals surface area (Å²) < 4.78 is 0. The van der Waals surface area contributed by atoms with Gasteiger partial charge < -0.3 is 48.0 Å². The van der Waals surface area contributed by atoms with Crippen LogP contribution in [-0.4, -0.2) is 0 Å². The Hall–Kier alpha value is 3.84. The van der Waals surface area contributed by atoms with Crippen LogP contribution in [0.15, 0.2) is 0 Å². The summed E-state index contributed by atoms with van der Waals surface area (Å²) in [5, 5.41) is 0. The van der Waals surface area contributed by atoms with Crippen molar-refractivity contribution >= 4 is 0 Å². The Kier molecular flexibility index (Phi) is 98.4. The molecule has 0 aliphatic rings. The molecule has 0 heterocycles. The second-order valence-electron chi connectivity index (χ2n) is 0. The van der Waals surface area contributed by atoms with E-state index >= 15 is 0 Å². The van der Waals surface area contributed by atoms with Crippen molar-refractivity contribution in [1.82, 2.24) is 0 Å². The van der Waals surface area contributed by atoms with Gasteiger partial charge in [-0.05, 0) is 0 Å². The quantitative estimate of drug-likeness (QED) is 0.280. The molecule has 0 aromatic heterocycles. The largest absolute Gasteiger partial charge is 1.00 e. The molecule has 0 rings (SSSR count). The van der Waals surface area contributed by atoms with Crippen molar-refractivity contribution in [1.29, 1.82) is 0 Å². The van der Waals surface area contributed by atoms with Crippen LogP contribution in [0.5, 0.6) is 0 Å². The van der Waals surface area contributed by atoms with E-state index in [4.69, 9.17) is 0 Å². The monoisotopic (exact) mass is 400 g/mol. The zero-order chi connectivity index (χ0) is 0. The molecule has 0 aromatic carbocycles. The maximum Gasteiger partial charge on any atom is 1.00 e. The number of rotatable bonds is 0. The molecule has 0 saturated heterocycles. The molecule has 0 amide bonds. The summed E-state index contributed by atoms with van der Waals surface area (Å²) >= 11 is 0. The van der Waals surface area contributed by atoms with Gasteiger partial charge in [0.2, 0.25) is 0 Å². The van der Waals surface area contributed by atoms with Gasteiger partial charge in [0.25, 0.3) is 0 Å². The van der Waals surface area contributed by atoms with Crippen LogP contribution in [0.1, 0.15) is 0 Å². The fraction of sp³-hybridized carbons (Fsp3) is 0. The molecule has 0 spiro atoms. The Bertz CT molecular complexity index is 6.00. The third kappa shape index (κ3) is 9.28. The van der Waals surface area contributed by atoms with Gasteiger partial charge in [-0.2, -0.15) is 0 Å². The predicted octanol–water partition coefficient (Wildman–Crippen LogP) is -8.99. The van der Waals surface area contributed by atoms with Crippen molar-refractivity contribution in [2.75, 3.05) is 0 Å². The molecule has 0 aliphatic carbocycles. The molecule has 4 heteroatoms. The van der Waals surface area contributed by atoms with E-state index in [-0.39, 0.29) is 122 Å². The Morgan fingerprint density at radius 3 is 0.750 bits per heavy atom. The van der Waals surface area contributed by atoms with Gasteiger partial charge in [-0.15, -0.1) is 0 Å². The first kappa shape index (κ1) is 24.9. The van der Waals surface area contributed by atoms with Gasteiger partial charge in [0.15, 0.2) is 0 Å². The molecule has 0 unspecified atom stereocenters. The SMILES string of the molecule is [Ag+].[I-].[I-].[K+]. The van der Waals surface area contributed by atoms with Crippen LogP contribution in [0.2, 0.25) is 0 Å². The first-order valence-electron chi connectivity index (χ1n) is 0. The number of hydrogen-bond donors (Lipinski definition) is 0. The van der Waals surface area contributed by atoms with E-state index in [1.807, 2.05) is 0 Å². The molecule has 0 radical (unpaired) electrons. The minimum absolute atomic E-state index is 0. The van der Waals surface area contributed by atoms with Crippen molar-refractivity contribution in [2.45, 2.75) is 0 Å². The normalized spacial score (nSPS) is 0. The minimum atomic E-state index is 0. The molecular weight excluding hydrogens is 401 g/mol. The smallest absolute Gasteiger partial charge is 1.00 e. The second-order valence-corrected chi connectivity index (χ2v) is 0. The van der Waals surface area contributed by atoms with Crippen molar-refractivity contribution in [3.8, 4) is 0 Å². The fourth-order valence-corrected chi connectivity index (χ4v) is 0. The zero-order valence-corrected chi connectivity index (χ0v) is 11.0. The summed E-state index contributed by atoms with van der Waals surface area (Å²) in [4.78, 5) is 0. The van der Waals surface area contributed by atoms with Gasteiger partial charge in [0.05, 0.1) is 0 Å². The third-order valence-electron chi connectivity index (χ3n) is 0. The summed E-state index contributed by atoms with van der Waals surface area (Å²) in [7, 11) is 0. The number of halogens is 2. The second kappa shape index (κ2) is 15.8. The topological polar surface area (TPSA) is 0 Å². The summed E-state index contributed by atoms with van der Waals surface area (Å²) in [5.74, 6) is 0. The van der Waals surface area contributed by atoms with E-state index in [1.54, 1.807) is 0 Å². The Labute approximate surface area is 118 Å². The Morgan fingerprint density at radius 1 is 0.750 bits per heavy atom. The molecule has 0 fully saturated rings. The van der Waals surface area contributed by atoms with Crippen molar-refractivity contribution in [3.63, 3.8) is 0 Å². The molecule has 0 nitrogen and oxygen atoms in total. The average Bonchev–Trinajstić information content (AvgIpc) is 0. The summed E-state index contributed by atoms with van der Waals surface area (Å²) in [5.41, 5.74) is 0. The summed E-state index contributed by atoms with van der Waals surface area (Å²) in [6.07, 6.45) is 0. The van der Waals surface area contributed by atoms with Crippen molar-refractivity contribution < 1.29 is 122 Å². The standard InChI is InChI=1S/Ag.2HI.K/h;2*1H;/q+1;;;+1/p-2. The van der Waals surface area contributed by atoms with Crippen LogP contribution in [0.3, 0.4) is 0 Å². The molecule has 4 heavy (non-hydrogen) atoms. The first-order valence-corrected chi connectivity index (χ1v) is 0. The van der Waals surface area contributed by atoms with E-state index < -0.39 is 0 Å². The zero-order valence-electron chi connectivity index (χ0n) is 2.06. The van der Waals surface area contributed by atoms with Crippen molar-refractivity contribution in [2.24, 2.45) is 0 Å². The van der Waals surface area contributed by atoms with E-state index in [0.29, 0.717) is 0 Å². The van der Waals surface area contributed by atoms with Crippen LogP contribution in [0.25, 0.3) is 0 Å². The predicted molar refractivity (Wildman–Crippen MR) is 0 cm³/mol. The Balaban J connectivity index is 0. The maximum absolute atomic E-state index is 0.